The van der Waals surface area contributed by atoms with Gasteiger partial charge in [-0.25, -0.2) is 0 Å². The second-order valence-corrected chi connectivity index (χ2v) is 8.50. The largest absolute Gasteiger partial charge is 0.310 e. The third-order valence-corrected chi connectivity index (χ3v) is 4.68. The van der Waals surface area contributed by atoms with Crippen LogP contribution < -0.4 is 5.32 Å². The van der Waals surface area contributed by atoms with Gasteiger partial charge in [-0.05, 0) is 60.3 Å². The maximum atomic E-state index is 6.02. The Labute approximate surface area is 129 Å². The lowest BCUT2D eigenvalue weighted by Crippen LogP contribution is -2.43. The first-order valence-electron chi connectivity index (χ1n) is 7.65. The Morgan fingerprint density at radius 3 is 2.30 bits per heavy atom. The van der Waals surface area contributed by atoms with Gasteiger partial charge >= 0.3 is 0 Å². The Morgan fingerprint density at radius 2 is 1.75 bits per heavy atom. The third kappa shape index (κ3) is 4.23. The van der Waals surface area contributed by atoms with Crippen LogP contribution in [0.15, 0.2) is 18.2 Å². The van der Waals surface area contributed by atoms with Gasteiger partial charge in [0.2, 0.25) is 0 Å². The molecule has 2 rings (SSSR count). The van der Waals surface area contributed by atoms with Crippen molar-refractivity contribution in [3.63, 3.8) is 0 Å². The average Bonchev–Trinajstić information content (AvgIpc) is 2.23. The SMILES string of the molecule is Cc1cc(Cl)ccc1CNC1CC(C)(C)CC(C)(C)C1. The Balaban J connectivity index is 2.00. The fraction of sp³-hybridized carbons (Fsp3) is 0.667. The molecule has 1 aliphatic carbocycles. The zero-order valence-corrected chi connectivity index (χ0v) is 14.3. The van der Waals surface area contributed by atoms with Crippen LogP contribution in [0.2, 0.25) is 5.02 Å². The Hall–Kier alpha value is -0.530. The highest BCUT2D eigenvalue weighted by Crippen LogP contribution is 2.45. The van der Waals surface area contributed by atoms with Crippen LogP contribution in [0.3, 0.4) is 0 Å². The Morgan fingerprint density at radius 1 is 1.15 bits per heavy atom. The normalized spacial score (nSPS) is 21.9. The molecule has 0 amide bonds. The van der Waals surface area contributed by atoms with Gasteiger partial charge in [0.05, 0.1) is 0 Å². The molecule has 1 N–H and O–H groups in total. The van der Waals surface area contributed by atoms with Crippen molar-refractivity contribution < 1.29 is 0 Å². The molecule has 112 valence electrons. The van der Waals surface area contributed by atoms with Gasteiger partial charge in [0.25, 0.3) is 0 Å². The molecule has 0 spiro atoms. The summed E-state index contributed by atoms with van der Waals surface area (Å²) in [6.45, 7) is 12.7. The van der Waals surface area contributed by atoms with Crippen molar-refractivity contribution in [2.45, 2.75) is 66.5 Å². The van der Waals surface area contributed by atoms with Crippen molar-refractivity contribution in [3.8, 4) is 0 Å². The summed E-state index contributed by atoms with van der Waals surface area (Å²) >= 11 is 6.02. The Bertz CT molecular complexity index is 460. The van der Waals surface area contributed by atoms with E-state index in [1.54, 1.807) is 0 Å². The number of halogens is 1. The first kappa shape index (κ1) is 15.9. The first-order chi connectivity index (χ1) is 9.17. The van der Waals surface area contributed by atoms with Crippen LogP contribution in [0.4, 0.5) is 0 Å². The van der Waals surface area contributed by atoms with Crippen molar-refractivity contribution in [2.24, 2.45) is 10.8 Å². The van der Waals surface area contributed by atoms with E-state index in [9.17, 15) is 0 Å². The summed E-state index contributed by atoms with van der Waals surface area (Å²) in [5.74, 6) is 0. The van der Waals surface area contributed by atoms with E-state index in [0.717, 1.165) is 11.6 Å². The fourth-order valence-electron chi connectivity index (χ4n) is 4.10. The molecule has 1 nitrogen and oxygen atoms in total. The van der Waals surface area contributed by atoms with Crippen LogP contribution in [0.5, 0.6) is 0 Å². The zero-order chi connectivity index (χ0) is 15.0. The number of benzene rings is 1. The molecule has 1 aliphatic rings. The number of hydrogen-bond acceptors (Lipinski definition) is 1. The summed E-state index contributed by atoms with van der Waals surface area (Å²) < 4.78 is 0. The van der Waals surface area contributed by atoms with Gasteiger partial charge in [-0.15, -0.1) is 0 Å². The topological polar surface area (TPSA) is 12.0 Å². The smallest absolute Gasteiger partial charge is 0.0408 e. The van der Waals surface area contributed by atoms with Crippen molar-refractivity contribution >= 4 is 11.6 Å². The van der Waals surface area contributed by atoms with E-state index in [4.69, 9.17) is 11.6 Å². The van der Waals surface area contributed by atoms with Gasteiger partial charge in [-0.2, -0.15) is 0 Å². The zero-order valence-electron chi connectivity index (χ0n) is 13.5. The van der Waals surface area contributed by atoms with Crippen LogP contribution in [0.1, 0.15) is 58.1 Å². The minimum absolute atomic E-state index is 0.439. The lowest BCUT2D eigenvalue weighted by molar-refractivity contribution is 0.0845. The van der Waals surface area contributed by atoms with Gasteiger partial charge < -0.3 is 5.32 Å². The number of rotatable bonds is 3. The molecule has 0 atom stereocenters. The van der Waals surface area contributed by atoms with Crippen molar-refractivity contribution in [3.05, 3.63) is 34.3 Å². The van der Waals surface area contributed by atoms with Crippen LogP contribution in [0.25, 0.3) is 0 Å². The van der Waals surface area contributed by atoms with Gasteiger partial charge in [-0.3, -0.25) is 0 Å². The summed E-state index contributed by atoms with van der Waals surface area (Å²) in [7, 11) is 0. The van der Waals surface area contributed by atoms with E-state index < -0.39 is 0 Å². The quantitative estimate of drug-likeness (QED) is 0.793. The van der Waals surface area contributed by atoms with Gasteiger partial charge in [0.15, 0.2) is 0 Å². The van der Waals surface area contributed by atoms with Crippen molar-refractivity contribution in [1.82, 2.24) is 5.32 Å². The van der Waals surface area contributed by atoms with Crippen LogP contribution >= 0.6 is 11.6 Å². The van der Waals surface area contributed by atoms with E-state index in [1.807, 2.05) is 12.1 Å². The monoisotopic (exact) mass is 293 g/mol. The molecule has 1 saturated carbocycles. The van der Waals surface area contributed by atoms with Gasteiger partial charge in [-0.1, -0.05) is 45.4 Å². The molecule has 0 aromatic heterocycles. The molecule has 1 aromatic carbocycles. The standard InChI is InChI=1S/C18H28ClN/c1-13-8-15(19)7-6-14(13)11-20-16-9-17(2,3)12-18(4,5)10-16/h6-8,16,20H,9-12H2,1-5H3. The number of aryl methyl sites for hydroxylation is 1. The van der Waals surface area contributed by atoms with Gasteiger partial charge in [0, 0.05) is 17.6 Å². The summed E-state index contributed by atoms with van der Waals surface area (Å²) in [5.41, 5.74) is 3.51. The minimum Gasteiger partial charge on any atom is -0.310 e. The summed E-state index contributed by atoms with van der Waals surface area (Å²) in [6, 6.07) is 6.79. The highest BCUT2D eigenvalue weighted by molar-refractivity contribution is 6.30. The average molecular weight is 294 g/mol. The second-order valence-electron chi connectivity index (χ2n) is 8.06. The summed E-state index contributed by atoms with van der Waals surface area (Å²) in [4.78, 5) is 0. The molecule has 0 unspecified atom stereocenters. The van der Waals surface area contributed by atoms with E-state index in [0.29, 0.717) is 16.9 Å². The predicted molar refractivity (Wildman–Crippen MR) is 88.2 cm³/mol. The first-order valence-corrected chi connectivity index (χ1v) is 8.03. The van der Waals surface area contributed by atoms with Crippen LogP contribution in [-0.4, -0.2) is 6.04 Å². The Kier molecular flexibility index (Phi) is 4.51. The highest BCUT2D eigenvalue weighted by atomic mass is 35.5. The number of hydrogen-bond donors (Lipinski definition) is 1. The third-order valence-electron chi connectivity index (χ3n) is 4.44. The molecule has 0 heterocycles. The maximum Gasteiger partial charge on any atom is 0.0408 e. The van der Waals surface area contributed by atoms with E-state index in [1.165, 1.54) is 30.4 Å². The molecule has 0 aliphatic heterocycles. The molecule has 1 aromatic rings. The lowest BCUT2D eigenvalue weighted by atomic mass is 9.63. The molecular weight excluding hydrogens is 266 g/mol. The molecule has 0 radical (unpaired) electrons. The highest BCUT2D eigenvalue weighted by Gasteiger charge is 2.38. The maximum absolute atomic E-state index is 6.02. The molecule has 0 bridgehead atoms. The minimum atomic E-state index is 0.439. The van der Waals surface area contributed by atoms with E-state index >= 15 is 0 Å². The summed E-state index contributed by atoms with van der Waals surface area (Å²) in [5, 5.41) is 4.59. The van der Waals surface area contributed by atoms with Crippen molar-refractivity contribution in [1.29, 1.82) is 0 Å². The number of nitrogens with one attached hydrogen (secondary N) is 1. The van der Waals surface area contributed by atoms with E-state index in [2.05, 4.69) is 46.0 Å². The van der Waals surface area contributed by atoms with Crippen LogP contribution in [0, 0.1) is 17.8 Å². The van der Waals surface area contributed by atoms with Crippen LogP contribution in [-0.2, 0) is 6.54 Å². The van der Waals surface area contributed by atoms with Crippen molar-refractivity contribution in [2.75, 3.05) is 0 Å². The molecule has 20 heavy (non-hydrogen) atoms. The molecule has 2 heteroatoms. The summed E-state index contributed by atoms with van der Waals surface area (Å²) in [6.07, 6.45) is 3.85. The van der Waals surface area contributed by atoms with E-state index in [-0.39, 0.29) is 0 Å². The molecule has 0 saturated heterocycles. The predicted octanol–water partition coefficient (Wildman–Crippen LogP) is 5.34. The lowest BCUT2D eigenvalue weighted by Gasteiger charge is -2.45. The fourth-order valence-corrected chi connectivity index (χ4v) is 4.33. The second kappa shape index (κ2) is 5.69. The molecule has 1 fully saturated rings. The molecular formula is C18H28ClN. The van der Waals surface area contributed by atoms with Gasteiger partial charge in [0.1, 0.15) is 0 Å².